The molecule has 0 aliphatic carbocycles. The monoisotopic (exact) mass is 524 g/mol. The van der Waals surface area contributed by atoms with Crippen molar-refractivity contribution in [3.63, 3.8) is 0 Å². The predicted molar refractivity (Wildman–Crippen MR) is 138 cm³/mol. The van der Waals surface area contributed by atoms with E-state index in [9.17, 15) is 19.1 Å². The molecule has 1 aliphatic rings. The number of anilines is 2. The average molecular weight is 525 g/mol. The summed E-state index contributed by atoms with van der Waals surface area (Å²) in [5.41, 5.74) is 1.31. The summed E-state index contributed by atoms with van der Waals surface area (Å²) in [7, 11) is 1.78. The van der Waals surface area contributed by atoms with Crippen molar-refractivity contribution in [1.82, 2.24) is 29.3 Å². The molecule has 4 heterocycles. The van der Waals surface area contributed by atoms with Crippen LogP contribution in [0.4, 0.5) is 20.6 Å². The minimum atomic E-state index is -0.682. The highest BCUT2D eigenvalue weighted by molar-refractivity contribution is 6.13. The van der Waals surface area contributed by atoms with Crippen molar-refractivity contribution >= 4 is 39.9 Å². The van der Waals surface area contributed by atoms with Gasteiger partial charge in [-0.3, -0.25) is 9.48 Å². The van der Waals surface area contributed by atoms with Crippen LogP contribution in [0.15, 0.2) is 30.6 Å². The number of piperazine rings is 1. The number of pyridine rings is 1. The fourth-order valence-electron chi connectivity index (χ4n) is 4.45. The number of ether oxygens (including phenoxy) is 1. The Hall–Kier alpha value is -4.26. The number of aryl methyl sites for hydroxylation is 1. The first-order chi connectivity index (χ1) is 18.0. The van der Waals surface area contributed by atoms with Gasteiger partial charge in [-0.15, -0.1) is 5.10 Å². The molecule has 1 fully saturated rings. The molecule has 5 rings (SSSR count). The SMILES string of the molecule is Cn1cc2c(N3CCN(C(=O)OC(C)(C)C)CC3)ccc(C(=O)Nc3cc(F)c4nc(CO)nn4c3)c2n1. The van der Waals surface area contributed by atoms with Gasteiger partial charge in [0.05, 0.1) is 17.4 Å². The van der Waals surface area contributed by atoms with Crippen molar-refractivity contribution < 1.29 is 23.8 Å². The van der Waals surface area contributed by atoms with Gasteiger partial charge in [0.1, 0.15) is 17.7 Å². The molecule has 0 spiro atoms. The van der Waals surface area contributed by atoms with Crippen LogP contribution in [0.3, 0.4) is 0 Å². The second-order valence-electron chi connectivity index (χ2n) is 10.1. The molecule has 0 saturated carbocycles. The lowest BCUT2D eigenvalue weighted by Gasteiger charge is -2.37. The zero-order valence-corrected chi connectivity index (χ0v) is 21.6. The number of carbonyl (C=O) groups excluding carboxylic acids is 2. The second-order valence-corrected chi connectivity index (χ2v) is 10.1. The van der Waals surface area contributed by atoms with Gasteiger partial charge in [0, 0.05) is 56.6 Å². The van der Waals surface area contributed by atoms with E-state index < -0.39 is 23.9 Å². The van der Waals surface area contributed by atoms with Gasteiger partial charge in [0.25, 0.3) is 5.91 Å². The second kappa shape index (κ2) is 9.56. The van der Waals surface area contributed by atoms with E-state index in [4.69, 9.17) is 4.74 Å². The van der Waals surface area contributed by atoms with Crippen LogP contribution >= 0.6 is 0 Å². The predicted octanol–water partition coefficient (Wildman–Crippen LogP) is 2.56. The lowest BCUT2D eigenvalue weighted by atomic mass is 10.1. The van der Waals surface area contributed by atoms with Gasteiger partial charge in [-0.05, 0) is 32.9 Å². The molecule has 4 aromatic rings. The molecule has 1 aliphatic heterocycles. The number of nitrogens with one attached hydrogen (secondary N) is 1. The van der Waals surface area contributed by atoms with Crippen LogP contribution in [0.25, 0.3) is 16.6 Å². The van der Waals surface area contributed by atoms with Crippen LogP contribution < -0.4 is 10.2 Å². The number of aromatic nitrogens is 5. The van der Waals surface area contributed by atoms with Crippen molar-refractivity contribution in [2.45, 2.75) is 33.0 Å². The number of rotatable bonds is 4. The molecule has 0 unspecified atom stereocenters. The van der Waals surface area contributed by atoms with Crippen LogP contribution in [0, 0.1) is 5.82 Å². The largest absolute Gasteiger partial charge is 0.444 e. The lowest BCUT2D eigenvalue weighted by molar-refractivity contribution is 0.0240. The molecule has 0 radical (unpaired) electrons. The number of fused-ring (bicyclic) bond motifs is 2. The minimum Gasteiger partial charge on any atom is -0.444 e. The third kappa shape index (κ3) is 4.96. The van der Waals surface area contributed by atoms with Crippen molar-refractivity contribution in [2.24, 2.45) is 7.05 Å². The number of aliphatic hydroxyl groups is 1. The van der Waals surface area contributed by atoms with Gasteiger partial charge in [-0.2, -0.15) is 5.10 Å². The molecule has 13 heteroatoms. The lowest BCUT2D eigenvalue weighted by Crippen LogP contribution is -2.50. The molecule has 0 bridgehead atoms. The van der Waals surface area contributed by atoms with E-state index in [1.165, 1.54) is 10.7 Å². The molecule has 2 N–H and O–H groups in total. The molecule has 38 heavy (non-hydrogen) atoms. The molecule has 3 aromatic heterocycles. The van der Waals surface area contributed by atoms with E-state index in [1.807, 2.05) is 33.0 Å². The fraction of sp³-hybridized carbons (Fsp3) is 0.400. The van der Waals surface area contributed by atoms with E-state index >= 15 is 0 Å². The van der Waals surface area contributed by atoms with Gasteiger partial charge in [-0.25, -0.2) is 18.7 Å². The summed E-state index contributed by atoms with van der Waals surface area (Å²) in [6.07, 6.45) is 2.94. The number of aliphatic hydroxyl groups excluding tert-OH is 1. The molecule has 2 amide bonds. The standard InChI is InChI=1S/C25H29FN8O4/c1-25(2,3)38-24(37)33-9-7-32(8-10-33)19-6-5-16(21-17(19)13-31(4)30-21)23(36)27-15-11-18(26)22-28-20(14-35)29-34(22)12-15/h5-6,11-13,35H,7-10,14H2,1-4H3,(H,27,36). The summed E-state index contributed by atoms with van der Waals surface area (Å²) in [6.45, 7) is 7.31. The maximum absolute atomic E-state index is 14.5. The third-order valence-electron chi connectivity index (χ3n) is 6.12. The first-order valence-corrected chi connectivity index (χ1v) is 12.2. The summed E-state index contributed by atoms with van der Waals surface area (Å²) in [4.78, 5) is 33.4. The Balaban J connectivity index is 1.37. The number of nitrogens with zero attached hydrogens (tertiary/aromatic N) is 7. The number of hydrogen-bond acceptors (Lipinski definition) is 8. The van der Waals surface area contributed by atoms with Crippen LogP contribution in [-0.2, 0) is 18.4 Å². The smallest absolute Gasteiger partial charge is 0.410 e. The van der Waals surface area contributed by atoms with Crippen LogP contribution in [0.2, 0.25) is 0 Å². The maximum atomic E-state index is 14.5. The average Bonchev–Trinajstić information content (AvgIpc) is 3.45. The number of hydrogen-bond donors (Lipinski definition) is 2. The van der Waals surface area contributed by atoms with E-state index in [-0.39, 0.29) is 23.3 Å². The van der Waals surface area contributed by atoms with Crippen molar-refractivity contribution in [2.75, 3.05) is 36.4 Å². The zero-order chi connectivity index (χ0) is 27.2. The third-order valence-corrected chi connectivity index (χ3v) is 6.12. The molecule has 1 saturated heterocycles. The van der Waals surface area contributed by atoms with E-state index in [2.05, 4.69) is 25.4 Å². The first-order valence-electron chi connectivity index (χ1n) is 12.2. The highest BCUT2D eigenvalue weighted by atomic mass is 19.1. The highest BCUT2D eigenvalue weighted by Crippen LogP contribution is 2.30. The first kappa shape index (κ1) is 25.4. The molecular formula is C25H29FN8O4. The maximum Gasteiger partial charge on any atom is 0.410 e. The number of benzene rings is 1. The summed E-state index contributed by atoms with van der Waals surface area (Å²) in [5.74, 6) is -1.07. The van der Waals surface area contributed by atoms with Gasteiger partial charge in [0.15, 0.2) is 17.3 Å². The Kier molecular flexibility index (Phi) is 6.39. The Bertz CT molecular complexity index is 1530. The molecule has 12 nitrogen and oxygen atoms in total. The van der Waals surface area contributed by atoms with Crippen molar-refractivity contribution in [3.05, 3.63) is 47.8 Å². The number of amides is 2. The number of halogens is 1. The Morgan fingerprint density at radius 1 is 1.13 bits per heavy atom. The minimum absolute atomic E-state index is 0.0460. The van der Waals surface area contributed by atoms with E-state index in [0.717, 1.165) is 17.1 Å². The van der Waals surface area contributed by atoms with Gasteiger partial charge in [0.2, 0.25) is 0 Å². The Morgan fingerprint density at radius 3 is 2.55 bits per heavy atom. The van der Waals surface area contributed by atoms with E-state index in [1.54, 1.807) is 22.7 Å². The molecular weight excluding hydrogens is 495 g/mol. The Labute approximate surface area is 217 Å². The number of carbonyl (C=O) groups is 2. The zero-order valence-electron chi connectivity index (χ0n) is 21.6. The summed E-state index contributed by atoms with van der Waals surface area (Å²) in [6, 6.07) is 4.70. The van der Waals surface area contributed by atoms with Crippen molar-refractivity contribution in [3.8, 4) is 0 Å². The fourth-order valence-corrected chi connectivity index (χ4v) is 4.45. The van der Waals surface area contributed by atoms with Gasteiger partial charge >= 0.3 is 6.09 Å². The van der Waals surface area contributed by atoms with Crippen LogP contribution in [0.1, 0.15) is 37.0 Å². The van der Waals surface area contributed by atoms with Crippen molar-refractivity contribution in [1.29, 1.82) is 0 Å². The molecule has 0 atom stereocenters. The van der Waals surface area contributed by atoms with Crippen LogP contribution in [0.5, 0.6) is 0 Å². The Morgan fingerprint density at radius 2 is 1.87 bits per heavy atom. The topological polar surface area (TPSA) is 130 Å². The summed E-state index contributed by atoms with van der Waals surface area (Å²) >= 11 is 0. The highest BCUT2D eigenvalue weighted by Gasteiger charge is 2.27. The molecule has 200 valence electrons. The quantitative estimate of drug-likeness (QED) is 0.417. The summed E-state index contributed by atoms with van der Waals surface area (Å²) in [5, 5.41) is 21.2. The normalized spacial score (nSPS) is 14.4. The molecule has 1 aromatic carbocycles. The summed E-state index contributed by atoms with van der Waals surface area (Å²) < 4.78 is 22.8. The van der Waals surface area contributed by atoms with Gasteiger partial charge < -0.3 is 25.0 Å². The van der Waals surface area contributed by atoms with Crippen LogP contribution in [-0.4, -0.2) is 78.2 Å². The van der Waals surface area contributed by atoms with Gasteiger partial charge in [-0.1, -0.05) is 0 Å². The van der Waals surface area contributed by atoms with E-state index in [0.29, 0.717) is 37.3 Å².